The average molecular weight is 245 g/mol. The lowest BCUT2D eigenvalue weighted by Crippen LogP contribution is -2.36. The number of carbonyl (C=O) groups excluding carboxylic acids is 1. The zero-order valence-electron chi connectivity index (χ0n) is 10.1. The Kier molecular flexibility index (Phi) is 4.03. The summed E-state index contributed by atoms with van der Waals surface area (Å²) in [5, 5.41) is 12.3. The molecule has 1 aromatic carbocycles. The Morgan fingerprint density at radius 1 is 1.39 bits per heavy atom. The van der Waals surface area contributed by atoms with Crippen molar-refractivity contribution < 1.29 is 4.79 Å². The number of H-pyrrole nitrogens is 1. The van der Waals surface area contributed by atoms with Crippen LogP contribution in [0.1, 0.15) is 17.4 Å². The van der Waals surface area contributed by atoms with Crippen LogP contribution in [0.4, 0.5) is 0 Å². The molecule has 94 valence electrons. The molecule has 0 aliphatic rings. The maximum absolute atomic E-state index is 11.7. The van der Waals surface area contributed by atoms with Gasteiger partial charge in [0.25, 0.3) is 0 Å². The van der Waals surface area contributed by atoms with Crippen molar-refractivity contribution in [2.45, 2.75) is 6.04 Å². The van der Waals surface area contributed by atoms with E-state index in [4.69, 9.17) is 0 Å². The van der Waals surface area contributed by atoms with Crippen molar-refractivity contribution in [3.63, 3.8) is 0 Å². The second-order valence-corrected chi connectivity index (χ2v) is 3.81. The molecule has 2 rings (SSSR count). The Morgan fingerprint density at radius 3 is 2.78 bits per heavy atom. The molecule has 6 nitrogen and oxygen atoms in total. The molecule has 18 heavy (non-hydrogen) atoms. The van der Waals surface area contributed by atoms with E-state index in [9.17, 15) is 4.79 Å². The van der Waals surface area contributed by atoms with E-state index in [0.29, 0.717) is 5.82 Å². The van der Waals surface area contributed by atoms with Gasteiger partial charge >= 0.3 is 0 Å². The van der Waals surface area contributed by atoms with Crippen LogP contribution in [0.2, 0.25) is 0 Å². The molecule has 0 fully saturated rings. The number of carbonyl (C=O) groups is 1. The highest BCUT2D eigenvalue weighted by Gasteiger charge is 2.18. The first-order valence-electron chi connectivity index (χ1n) is 5.65. The van der Waals surface area contributed by atoms with E-state index in [1.807, 2.05) is 30.3 Å². The van der Waals surface area contributed by atoms with Crippen molar-refractivity contribution >= 4 is 5.91 Å². The van der Waals surface area contributed by atoms with E-state index in [1.165, 1.54) is 6.33 Å². The standard InChI is InChI=1S/C12H15N5O/c1-13-7-10(18)16-11(12-14-8-15-17-12)9-5-3-2-4-6-9/h2-6,8,11,13H,7H2,1H3,(H,16,18)(H,14,15,17). The first-order valence-corrected chi connectivity index (χ1v) is 5.65. The number of hydrogen-bond donors (Lipinski definition) is 3. The molecule has 1 atom stereocenters. The summed E-state index contributed by atoms with van der Waals surface area (Å²) in [5.74, 6) is 0.522. The summed E-state index contributed by atoms with van der Waals surface area (Å²) in [5.41, 5.74) is 0.957. The fraction of sp³-hybridized carbons (Fsp3) is 0.250. The van der Waals surface area contributed by atoms with Crippen molar-refractivity contribution in [1.82, 2.24) is 25.8 Å². The summed E-state index contributed by atoms with van der Waals surface area (Å²) >= 11 is 0. The molecule has 0 saturated heterocycles. The van der Waals surface area contributed by atoms with Gasteiger partial charge in [-0.05, 0) is 12.6 Å². The van der Waals surface area contributed by atoms with Gasteiger partial charge in [0.15, 0.2) is 5.82 Å². The second kappa shape index (κ2) is 5.92. The van der Waals surface area contributed by atoms with Crippen LogP contribution >= 0.6 is 0 Å². The number of aromatic nitrogens is 3. The monoisotopic (exact) mass is 245 g/mol. The van der Waals surface area contributed by atoms with Crippen LogP contribution < -0.4 is 10.6 Å². The largest absolute Gasteiger partial charge is 0.341 e. The third-order valence-electron chi connectivity index (χ3n) is 2.48. The molecule has 2 aromatic rings. The highest BCUT2D eigenvalue weighted by molar-refractivity contribution is 5.78. The summed E-state index contributed by atoms with van der Waals surface area (Å²) < 4.78 is 0. The van der Waals surface area contributed by atoms with Gasteiger partial charge in [0.05, 0.1) is 6.54 Å². The summed E-state index contributed by atoms with van der Waals surface area (Å²) in [7, 11) is 1.73. The fourth-order valence-electron chi connectivity index (χ4n) is 1.68. The number of aromatic amines is 1. The van der Waals surface area contributed by atoms with Crippen LogP contribution in [-0.2, 0) is 4.79 Å². The minimum Gasteiger partial charge on any atom is -0.341 e. The topological polar surface area (TPSA) is 82.7 Å². The molecule has 6 heteroatoms. The smallest absolute Gasteiger partial charge is 0.234 e. The van der Waals surface area contributed by atoms with E-state index in [-0.39, 0.29) is 18.5 Å². The lowest BCUT2D eigenvalue weighted by atomic mass is 10.1. The number of rotatable bonds is 5. The quantitative estimate of drug-likeness (QED) is 0.704. The first kappa shape index (κ1) is 12.3. The normalized spacial score (nSPS) is 12.1. The Bertz CT molecular complexity index is 482. The molecular formula is C12H15N5O. The third kappa shape index (κ3) is 2.92. The van der Waals surface area contributed by atoms with Crippen LogP contribution in [0.3, 0.4) is 0 Å². The van der Waals surface area contributed by atoms with Crippen LogP contribution in [0.15, 0.2) is 36.7 Å². The molecule has 0 aliphatic heterocycles. The summed E-state index contributed by atoms with van der Waals surface area (Å²) in [6.07, 6.45) is 1.43. The fourth-order valence-corrected chi connectivity index (χ4v) is 1.68. The molecule has 0 bridgehead atoms. The average Bonchev–Trinajstić information content (AvgIpc) is 2.91. The molecule has 0 spiro atoms. The Morgan fingerprint density at radius 2 is 2.17 bits per heavy atom. The predicted octanol–water partition coefficient (Wildman–Crippen LogP) is 0.230. The zero-order valence-corrected chi connectivity index (χ0v) is 10.1. The third-order valence-corrected chi connectivity index (χ3v) is 2.48. The lowest BCUT2D eigenvalue weighted by molar-refractivity contribution is -0.120. The molecule has 1 amide bonds. The number of benzene rings is 1. The maximum Gasteiger partial charge on any atom is 0.234 e. The summed E-state index contributed by atoms with van der Waals surface area (Å²) in [6, 6.07) is 9.33. The molecule has 0 radical (unpaired) electrons. The molecule has 1 unspecified atom stereocenters. The van der Waals surface area contributed by atoms with Gasteiger partial charge in [-0.25, -0.2) is 4.98 Å². The number of amides is 1. The van der Waals surface area contributed by atoms with Gasteiger partial charge < -0.3 is 10.6 Å². The minimum absolute atomic E-state index is 0.0947. The highest BCUT2D eigenvalue weighted by atomic mass is 16.2. The molecule has 1 heterocycles. The first-order chi connectivity index (χ1) is 8.81. The Hall–Kier alpha value is -2.21. The summed E-state index contributed by atoms with van der Waals surface area (Å²) in [4.78, 5) is 15.8. The number of nitrogens with zero attached hydrogens (tertiary/aromatic N) is 2. The SMILES string of the molecule is CNCC(=O)NC(c1ccccc1)c1ncn[nH]1. The lowest BCUT2D eigenvalue weighted by Gasteiger charge is -2.16. The van der Waals surface area contributed by atoms with Gasteiger partial charge in [0, 0.05) is 0 Å². The van der Waals surface area contributed by atoms with E-state index >= 15 is 0 Å². The number of likely N-dealkylation sites (N-methyl/N-ethyl adjacent to an activating group) is 1. The van der Waals surface area contributed by atoms with Crippen molar-refractivity contribution in [3.05, 3.63) is 48.0 Å². The molecule has 3 N–H and O–H groups in total. The van der Waals surface area contributed by atoms with Crippen molar-refractivity contribution in [2.24, 2.45) is 0 Å². The molecule has 1 aromatic heterocycles. The van der Waals surface area contributed by atoms with E-state index in [1.54, 1.807) is 7.05 Å². The van der Waals surface area contributed by atoms with Gasteiger partial charge in [-0.15, -0.1) is 0 Å². The van der Waals surface area contributed by atoms with Gasteiger partial charge in [-0.1, -0.05) is 30.3 Å². The molecule has 0 aliphatic carbocycles. The predicted molar refractivity (Wildman–Crippen MR) is 66.7 cm³/mol. The van der Waals surface area contributed by atoms with Gasteiger partial charge in [0.2, 0.25) is 5.91 Å². The minimum atomic E-state index is -0.311. The maximum atomic E-state index is 11.7. The second-order valence-electron chi connectivity index (χ2n) is 3.81. The van der Waals surface area contributed by atoms with Crippen LogP contribution in [0.25, 0.3) is 0 Å². The summed E-state index contributed by atoms with van der Waals surface area (Å²) in [6.45, 7) is 0.261. The van der Waals surface area contributed by atoms with Crippen LogP contribution in [-0.4, -0.2) is 34.7 Å². The Labute approximate surface area is 105 Å². The van der Waals surface area contributed by atoms with Crippen LogP contribution in [0, 0.1) is 0 Å². The molecular weight excluding hydrogens is 230 g/mol. The van der Waals surface area contributed by atoms with E-state index < -0.39 is 0 Å². The highest BCUT2D eigenvalue weighted by Crippen LogP contribution is 2.17. The van der Waals surface area contributed by atoms with E-state index in [2.05, 4.69) is 25.8 Å². The van der Waals surface area contributed by atoms with Gasteiger partial charge in [-0.3, -0.25) is 9.89 Å². The van der Waals surface area contributed by atoms with Gasteiger partial charge in [0.1, 0.15) is 12.4 Å². The van der Waals surface area contributed by atoms with E-state index in [0.717, 1.165) is 5.56 Å². The molecule has 0 saturated carbocycles. The van der Waals surface area contributed by atoms with Crippen molar-refractivity contribution in [3.8, 4) is 0 Å². The Balaban J connectivity index is 2.22. The van der Waals surface area contributed by atoms with Crippen molar-refractivity contribution in [2.75, 3.05) is 13.6 Å². The number of nitrogens with one attached hydrogen (secondary N) is 3. The van der Waals surface area contributed by atoms with Crippen molar-refractivity contribution in [1.29, 1.82) is 0 Å². The van der Waals surface area contributed by atoms with Crippen LogP contribution in [0.5, 0.6) is 0 Å². The number of hydrogen-bond acceptors (Lipinski definition) is 4. The van der Waals surface area contributed by atoms with Gasteiger partial charge in [-0.2, -0.15) is 5.10 Å². The zero-order chi connectivity index (χ0) is 12.8.